The zero-order chi connectivity index (χ0) is 24.0. The highest BCUT2D eigenvalue weighted by atomic mass is 16.5. The summed E-state index contributed by atoms with van der Waals surface area (Å²) < 4.78 is 12.3. The van der Waals surface area contributed by atoms with Crippen molar-refractivity contribution in [2.45, 2.75) is 38.8 Å². The van der Waals surface area contributed by atoms with Crippen molar-refractivity contribution < 1.29 is 9.47 Å². The molecule has 0 spiro atoms. The largest absolute Gasteiger partial charge is 0.493 e. The molecular weight excluding hydrogens is 430 g/mol. The highest BCUT2D eigenvalue weighted by Gasteiger charge is 2.07. The van der Waals surface area contributed by atoms with E-state index in [-0.39, 0.29) is 0 Å². The third-order valence-corrected chi connectivity index (χ3v) is 5.96. The van der Waals surface area contributed by atoms with Gasteiger partial charge in [-0.3, -0.25) is 0 Å². The molecule has 3 heteroatoms. The molecular formula is C32H35NO2. The molecule has 0 amide bonds. The van der Waals surface area contributed by atoms with Gasteiger partial charge >= 0.3 is 0 Å². The predicted octanol–water partition coefficient (Wildman–Crippen LogP) is 7.00. The lowest BCUT2D eigenvalue weighted by Gasteiger charge is -2.15. The van der Waals surface area contributed by atoms with Crippen molar-refractivity contribution in [2.24, 2.45) is 0 Å². The van der Waals surface area contributed by atoms with Crippen LogP contribution in [0, 0.1) is 0 Å². The van der Waals surface area contributed by atoms with E-state index >= 15 is 0 Å². The average Bonchev–Trinajstić information content (AvgIpc) is 2.92. The smallest absolute Gasteiger partial charge is 0.127 e. The first kappa shape index (κ1) is 24.6. The molecule has 0 unspecified atom stereocenters. The average molecular weight is 466 g/mol. The van der Waals surface area contributed by atoms with E-state index in [1.54, 1.807) is 0 Å². The number of aryl methyl sites for hydroxylation is 2. The number of rotatable bonds is 14. The summed E-state index contributed by atoms with van der Waals surface area (Å²) in [6.45, 7) is 2.94. The molecule has 4 rings (SSSR count). The highest BCUT2D eigenvalue weighted by Crippen LogP contribution is 2.26. The van der Waals surface area contributed by atoms with E-state index in [1.165, 1.54) is 16.7 Å². The molecule has 4 aromatic carbocycles. The Labute approximate surface area is 209 Å². The summed E-state index contributed by atoms with van der Waals surface area (Å²) in [5.41, 5.74) is 5.11. The topological polar surface area (TPSA) is 30.5 Å². The highest BCUT2D eigenvalue weighted by molar-refractivity contribution is 5.41. The lowest BCUT2D eigenvalue weighted by atomic mass is 10.1. The van der Waals surface area contributed by atoms with Crippen molar-refractivity contribution in [1.29, 1.82) is 0 Å². The molecule has 0 saturated carbocycles. The molecule has 0 aromatic heterocycles. The second-order valence-corrected chi connectivity index (χ2v) is 8.73. The van der Waals surface area contributed by atoms with Gasteiger partial charge in [0.1, 0.15) is 11.5 Å². The lowest BCUT2D eigenvalue weighted by Crippen LogP contribution is -2.14. The summed E-state index contributed by atoms with van der Waals surface area (Å²) in [6.07, 6.45) is 3.99. The second-order valence-electron chi connectivity index (χ2n) is 8.73. The van der Waals surface area contributed by atoms with Crippen LogP contribution in [-0.2, 0) is 25.9 Å². The third-order valence-electron chi connectivity index (χ3n) is 5.96. The molecule has 0 heterocycles. The van der Waals surface area contributed by atoms with Crippen LogP contribution in [-0.4, -0.2) is 13.2 Å². The van der Waals surface area contributed by atoms with E-state index in [4.69, 9.17) is 9.47 Å². The van der Waals surface area contributed by atoms with Crippen LogP contribution in [0.3, 0.4) is 0 Å². The first-order valence-electron chi connectivity index (χ1n) is 12.6. The van der Waals surface area contributed by atoms with Gasteiger partial charge in [-0.05, 0) is 48.4 Å². The van der Waals surface area contributed by atoms with Gasteiger partial charge in [0.25, 0.3) is 0 Å². The van der Waals surface area contributed by atoms with Crippen molar-refractivity contribution in [3.8, 4) is 11.5 Å². The molecule has 0 aliphatic heterocycles. The number of benzene rings is 4. The summed E-state index contributed by atoms with van der Waals surface area (Å²) in [5, 5.41) is 3.54. The fraction of sp³-hybridized carbons (Fsp3) is 0.250. The fourth-order valence-electron chi connectivity index (χ4n) is 4.06. The van der Waals surface area contributed by atoms with Crippen LogP contribution in [0.4, 0.5) is 0 Å². The minimum atomic E-state index is 0.679. The Morgan fingerprint density at radius 2 is 1.06 bits per heavy atom. The van der Waals surface area contributed by atoms with Gasteiger partial charge in [0, 0.05) is 24.7 Å². The molecule has 0 aliphatic rings. The van der Waals surface area contributed by atoms with Crippen molar-refractivity contribution in [3.05, 3.63) is 131 Å². The monoisotopic (exact) mass is 465 g/mol. The minimum Gasteiger partial charge on any atom is -0.493 e. The quantitative estimate of drug-likeness (QED) is 0.203. The molecule has 0 fully saturated rings. The maximum absolute atomic E-state index is 6.26. The van der Waals surface area contributed by atoms with Crippen LogP contribution in [0.15, 0.2) is 109 Å². The van der Waals surface area contributed by atoms with E-state index in [1.807, 2.05) is 12.1 Å². The zero-order valence-electron chi connectivity index (χ0n) is 20.4. The molecule has 0 bridgehead atoms. The summed E-state index contributed by atoms with van der Waals surface area (Å²) in [7, 11) is 0. The van der Waals surface area contributed by atoms with Gasteiger partial charge in [-0.2, -0.15) is 0 Å². The Balaban J connectivity index is 1.31. The molecule has 0 atom stereocenters. The van der Waals surface area contributed by atoms with Crippen LogP contribution in [0.25, 0.3) is 0 Å². The molecule has 180 valence electrons. The maximum Gasteiger partial charge on any atom is 0.127 e. The second kappa shape index (κ2) is 14.0. The molecule has 0 aliphatic carbocycles. The lowest BCUT2D eigenvalue weighted by molar-refractivity contribution is 0.293. The number of hydrogen-bond acceptors (Lipinski definition) is 3. The predicted molar refractivity (Wildman–Crippen MR) is 144 cm³/mol. The Hall–Kier alpha value is -3.56. The standard InChI is InChI=1S/C32H35NO2/c1-4-12-27(13-5-1)18-10-22-34-31-21-20-30(26-33-25-29-16-8-3-9-17-29)32(24-31)35-23-11-19-28-14-6-2-7-15-28/h1-9,12-17,20-21,24,33H,10-11,18-19,22-23,25-26H2. The number of ether oxygens (including phenoxy) is 2. The normalized spacial score (nSPS) is 10.7. The molecule has 4 aromatic rings. The van der Waals surface area contributed by atoms with Crippen LogP contribution in [0.5, 0.6) is 11.5 Å². The van der Waals surface area contributed by atoms with E-state index in [9.17, 15) is 0 Å². The van der Waals surface area contributed by atoms with E-state index in [2.05, 4.69) is 102 Å². The molecule has 3 nitrogen and oxygen atoms in total. The van der Waals surface area contributed by atoms with Crippen LogP contribution in [0.1, 0.15) is 35.1 Å². The van der Waals surface area contributed by atoms with Gasteiger partial charge in [0.2, 0.25) is 0 Å². The van der Waals surface area contributed by atoms with Gasteiger partial charge in [0.05, 0.1) is 13.2 Å². The number of nitrogens with one attached hydrogen (secondary N) is 1. The summed E-state index contributed by atoms with van der Waals surface area (Å²) >= 11 is 0. The maximum atomic E-state index is 6.26. The summed E-state index contributed by atoms with van der Waals surface area (Å²) in [4.78, 5) is 0. The summed E-state index contributed by atoms with van der Waals surface area (Å²) in [6, 6.07) is 37.8. The minimum absolute atomic E-state index is 0.679. The van der Waals surface area contributed by atoms with Crippen molar-refractivity contribution in [2.75, 3.05) is 13.2 Å². The van der Waals surface area contributed by atoms with E-state index in [0.29, 0.717) is 13.2 Å². The Kier molecular flexibility index (Phi) is 9.81. The molecule has 35 heavy (non-hydrogen) atoms. The number of hydrogen-bond donors (Lipinski definition) is 1. The van der Waals surface area contributed by atoms with E-state index < -0.39 is 0 Å². The third kappa shape index (κ3) is 8.62. The van der Waals surface area contributed by atoms with Gasteiger partial charge in [0.15, 0.2) is 0 Å². The molecule has 0 radical (unpaired) electrons. The first-order valence-corrected chi connectivity index (χ1v) is 12.6. The molecule has 0 saturated heterocycles. The zero-order valence-corrected chi connectivity index (χ0v) is 20.4. The van der Waals surface area contributed by atoms with Gasteiger partial charge < -0.3 is 14.8 Å². The Morgan fingerprint density at radius 1 is 0.514 bits per heavy atom. The van der Waals surface area contributed by atoms with Gasteiger partial charge in [-0.1, -0.05) is 97.1 Å². The van der Waals surface area contributed by atoms with Crippen LogP contribution in [0.2, 0.25) is 0 Å². The van der Waals surface area contributed by atoms with Crippen molar-refractivity contribution >= 4 is 0 Å². The van der Waals surface area contributed by atoms with Gasteiger partial charge in [-0.15, -0.1) is 0 Å². The summed E-state index contributed by atoms with van der Waals surface area (Å²) in [5.74, 6) is 1.77. The fourth-order valence-corrected chi connectivity index (χ4v) is 4.06. The SMILES string of the molecule is c1ccc(CCCOc2ccc(CNCc3ccccc3)c(OCCCc3ccccc3)c2)cc1. The van der Waals surface area contributed by atoms with E-state index in [0.717, 1.165) is 55.8 Å². The first-order chi connectivity index (χ1) is 17.4. The van der Waals surface area contributed by atoms with Gasteiger partial charge in [-0.25, -0.2) is 0 Å². The van der Waals surface area contributed by atoms with Crippen LogP contribution < -0.4 is 14.8 Å². The Morgan fingerprint density at radius 3 is 1.66 bits per heavy atom. The van der Waals surface area contributed by atoms with Crippen molar-refractivity contribution in [3.63, 3.8) is 0 Å². The molecule has 1 N–H and O–H groups in total. The Bertz CT molecular complexity index is 1110. The van der Waals surface area contributed by atoms with Crippen molar-refractivity contribution in [1.82, 2.24) is 5.32 Å². The van der Waals surface area contributed by atoms with Crippen LogP contribution >= 0.6 is 0 Å².